The molecule has 0 N–H and O–H groups in total. The summed E-state index contributed by atoms with van der Waals surface area (Å²) in [5, 5.41) is 1.27. The van der Waals surface area contributed by atoms with Crippen LogP contribution >= 0.6 is 0 Å². The second kappa shape index (κ2) is 20.6. The van der Waals surface area contributed by atoms with Crippen LogP contribution in [-0.2, 0) is 70.6 Å². The average Bonchev–Trinajstić information content (AvgIpc) is 3.07. The standard InChI is InChI=1S/C21H36O4Si4.C8H28O12Si9.C3H10OSi/c1-22-27(4,5)24-29(8,9)25-28(6,7)23-26(2,3)21-17-15-20(16-18-21)19-13-11-10-12-14-19;1-22-10-24(3)14-26(5)12-23(2,9-21)13-27(6)15-25(4,11-22)17-28(7,16-24)20-29(8,18-26)19-27;1-4-5(2)3/h10-18H,1-9H3;22H,1-8,21H3;5H,1-3H3. The molecule has 4 heterocycles. The van der Waals surface area contributed by atoms with Crippen LogP contribution in [0.4, 0.5) is 0 Å². The van der Waals surface area contributed by atoms with Crippen molar-refractivity contribution >= 4 is 130 Å². The molecular weight excluding hydrogens is 1050 g/mol. The van der Waals surface area contributed by atoms with Gasteiger partial charge in [-0.2, -0.15) is 0 Å². The van der Waals surface area contributed by atoms with Gasteiger partial charge in [0.2, 0.25) is 8.32 Å². The third kappa shape index (κ3) is 16.4. The molecule has 6 bridgehead atoms. The molecule has 4 unspecified atom stereocenters. The van der Waals surface area contributed by atoms with E-state index in [1.165, 1.54) is 16.3 Å². The zero-order chi connectivity index (χ0) is 47.8. The quantitative estimate of drug-likeness (QED) is 0.259. The van der Waals surface area contributed by atoms with Crippen molar-refractivity contribution in [2.75, 3.05) is 14.2 Å². The molecule has 6 rings (SSSR count). The summed E-state index contributed by atoms with van der Waals surface area (Å²) in [6.07, 6.45) is 0. The maximum atomic E-state index is 6.73. The molecule has 4 aliphatic rings. The van der Waals surface area contributed by atoms with Gasteiger partial charge in [0, 0.05) is 60.0 Å². The zero-order valence-electron chi connectivity index (χ0n) is 41.3. The molecule has 0 aliphatic carbocycles. The molecule has 63 heavy (non-hydrogen) atoms. The Morgan fingerprint density at radius 1 is 0.508 bits per heavy atom. The highest BCUT2D eigenvalue weighted by atomic mass is 28.6. The van der Waals surface area contributed by atoms with E-state index in [9.17, 15) is 0 Å². The fraction of sp³-hybridized carbons (Fsp3) is 0.625. The van der Waals surface area contributed by atoms with Gasteiger partial charge in [-0.3, -0.25) is 0 Å². The number of hydrogen-bond acceptors (Lipinski definition) is 17. The molecule has 2 aromatic carbocycles. The number of fused-ring (bicyclic) bond motifs is 4. The minimum absolute atomic E-state index is 0.389. The summed E-state index contributed by atoms with van der Waals surface area (Å²) in [5.74, 6) is 0. The Bertz CT molecular complexity index is 1780. The molecule has 2 aromatic rings. The second-order valence-corrected chi connectivity index (χ2v) is 59.9. The van der Waals surface area contributed by atoms with E-state index in [-0.39, 0.29) is 0 Å². The van der Waals surface area contributed by atoms with Gasteiger partial charge < -0.3 is 70.6 Å². The van der Waals surface area contributed by atoms with Crippen LogP contribution in [0.1, 0.15) is 0 Å². The van der Waals surface area contributed by atoms with Crippen LogP contribution in [0.15, 0.2) is 54.6 Å². The highest BCUT2D eigenvalue weighted by molar-refractivity contribution is 6.99. The lowest BCUT2D eigenvalue weighted by Gasteiger charge is -2.56. The first-order valence-electron chi connectivity index (χ1n) is 21.1. The van der Waals surface area contributed by atoms with Gasteiger partial charge in [0.15, 0.2) is 9.04 Å². The summed E-state index contributed by atoms with van der Waals surface area (Å²) in [7, 11) is -31.6. The van der Waals surface area contributed by atoms with Crippen LogP contribution in [0.25, 0.3) is 11.1 Å². The number of hydrogen-bond donors (Lipinski definition) is 0. The summed E-state index contributed by atoms with van der Waals surface area (Å²) in [6, 6.07) is 19.2. The summed E-state index contributed by atoms with van der Waals surface area (Å²) < 4.78 is 106. The maximum absolute atomic E-state index is 6.73. The van der Waals surface area contributed by atoms with E-state index in [1.54, 1.807) is 60.0 Å². The third-order valence-electron chi connectivity index (χ3n) is 9.60. The summed E-state index contributed by atoms with van der Waals surface area (Å²) in [4.78, 5) is 0. The molecular formula is C32H74O17Si14. The average molecular weight is 1120 g/mol. The SMILES string of the molecule is CO[SiH](C)C.CO[Si](C)(C)O[Si](C)(C)O[Si](C)(C)O[Si](C)(C)c1ccc(-c2ccccc2)cc1.C[SiH]1O[Si]2(C)O[Si]3(C)O[Si](C)(O[SiH3])O[Si]4(C)O[Si](C)(O1)O[Si](C)(O2)O[Si](C)(O3)O4. The normalized spacial score (nSPS) is 34.9. The lowest BCUT2D eigenvalue weighted by Crippen LogP contribution is -2.81. The van der Waals surface area contributed by atoms with E-state index in [2.05, 4.69) is 101 Å². The molecule has 360 valence electrons. The fourth-order valence-electron chi connectivity index (χ4n) is 7.79. The van der Waals surface area contributed by atoms with Crippen molar-refractivity contribution < 1.29 is 70.6 Å². The van der Waals surface area contributed by atoms with Gasteiger partial charge in [-0.25, -0.2) is 0 Å². The van der Waals surface area contributed by atoms with Crippen LogP contribution in [0.2, 0.25) is 118 Å². The Kier molecular flexibility index (Phi) is 18.5. The van der Waals surface area contributed by atoms with Gasteiger partial charge in [-0.05, 0) is 88.3 Å². The summed E-state index contributed by atoms with van der Waals surface area (Å²) in [6.45, 7) is 35.5. The predicted molar refractivity (Wildman–Crippen MR) is 275 cm³/mol. The van der Waals surface area contributed by atoms with Gasteiger partial charge >= 0.3 is 96.6 Å². The van der Waals surface area contributed by atoms with Crippen molar-refractivity contribution in [2.24, 2.45) is 0 Å². The molecule has 4 fully saturated rings. The largest absolute Gasteiger partial charge is 0.475 e. The Balaban J connectivity index is 0.000000250. The monoisotopic (exact) mass is 1120 g/mol. The van der Waals surface area contributed by atoms with Crippen molar-refractivity contribution in [2.45, 2.75) is 118 Å². The molecule has 0 aromatic heterocycles. The van der Waals surface area contributed by atoms with Gasteiger partial charge in [0.05, 0.1) is 0 Å². The smallest absolute Gasteiger partial charge is 0.433 e. The minimum Gasteiger partial charge on any atom is -0.433 e. The highest BCUT2D eigenvalue weighted by Gasteiger charge is 2.73. The lowest BCUT2D eigenvalue weighted by molar-refractivity contribution is 0.0153. The van der Waals surface area contributed by atoms with Crippen LogP contribution < -0.4 is 5.19 Å². The fourth-order valence-corrected chi connectivity index (χ4v) is 67.5. The third-order valence-corrected chi connectivity index (χ3v) is 60.9. The van der Waals surface area contributed by atoms with Crippen molar-refractivity contribution in [1.82, 2.24) is 0 Å². The van der Waals surface area contributed by atoms with Crippen molar-refractivity contribution in [3.63, 3.8) is 0 Å². The van der Waals surface area contributed by atoms with Crippen LogP contribution in [-0.4, -0.2) is 139 Å². The van der Waals surface area contributed by atoms with E-state index in [0.717, 1.165) is 0 Å². The van der Waals surface area contributed by atoms with Gasteiger partial charge in [0.25, 0.3) is 0 Å². The zero-order valence-corrected chi connectivity index (χ0v) is 56.6. The van der Waals surface area contributed by atoms with E-state index in [1.807, 2.05) is 25.7 Å². The van der Waals surface area contributed by atoms with Crippen molar-refractivity contribution in [1.29, 1.82) is 0 Å². The Morgan fingerprint density at radius 2 is 0.857 bits per heavy atom. The molecule has 4 aliphatic heterocycles. The van der Waals surface area contributed by atoms with Crippen molar-refractivity contribution in [3.8, 4) is 11.1 Å². The molecule has 0 radical (unpaired) electrons. The first-order chi connectivity index (χ1) is 28.5. The second-order valence-electron chi connectivity index (χ2n) is 18.4. The molecule has 31 heteroatoms. The van der Waals surface area contributed by atoms with Crippen molar-refractivity contribution in [3.05, 3.63) is 54.6 Å². The van der Waals surface area contributed by atoms with Gasteiger partial charge in [-0.1, -0.05) is 54.6 Å². The van der Waals surface area contributed by atoms with Gasteiger partial charge in [-0.15, -0.1) is 0 Å². The number of benzene rings is 2. The summed E-state index contributed by atoms with van der Waals surface area (Å²) >= 11 is 0. The Labute approximate surface area is 395 Å². The highest BCUT2D eigenvalue weighted by Crippen LogP contribution is 2.43. The molecule has 0 amide bonds. The Morgan fingerprint density at radius 3 is 1.24 bits per heavy atom. The molecule has 17 nitrogen and oxygen atoms in total. The first-order valence-corrected chi connectivity index (χ1v) is 53.7. The molecule has 0 saturated carbocycles. The minimum atomic E-state index is -3.43. The van der Waals surface area contributed by atoms with Crippen LogP contribution in [0.3, 0.4) is 0 Å². The van der Waals surface area contributed by atoms with Gasteiger partial charge in [0.1, 0.15) is 10.5 Å². The molecule has 4 saturated heterocycles. The molecule has 0 spiro atoms. The van der Waals surface area contributed by atoms with E-state index < -0.39 is 114 Å². The predicted octanol–water partition coefficient (Wildman–Crippen LogP) is 5.54. The summed E-state index contributed by atoms with van der Waals surface area (Å²) in [5.41, 5.74) is 2.45. The topological polar surface area (TPSA) is 157 Å². The van der Waals surface area contributed by atoms with Crippen LogP contribution in [0, 0.1) is 0 Å². The van der Waals surface area contributed by atoms with E-state index in [0.29, 0.717) is 10.5 Å². The van der Waals surface area contributed by atoms with E-state index >= 15 is 0 Å². The number of rotatable bonds is 11. The van der Waals surface area contributed by atoms with Crippen LogP contribution in [0.5, 0.6) is 0 Å². The first kappa shape index (κ1) is 56.4. The Hall–Kier alpha value is 0.796. The lowest BCUT2D eigenvalue weighted by atomic mass is 10.1. The maximum Gasteiger partial charge on any atom is 0.475 e. The molecule has 4 atom stereocenters. The van der Waals surface area contributed by atoms with E-state index in [4.69, 9.17) is 70.6 Å².